The number of non-ortho nitro benzene ring substituents is 1. The number of ketones is 3. The molecule has 0 amide bonds. The Kier molecular flexibility index (Phi) is 4.66. The molecule has 1 N–H and O–H groups in total. The van der Waals surface area contributed by atoms with Crippen molar-refractivity contribution in [3.8, 4) is 0 Å². The number of nitrogens with zero attached hydrogens (tertiary/aromatic N) is 1. The van der Waals surface area contributed by atoms with Crippen molar-refractivity contribution in [3.05, 3.63) is 39.9 Å². The number of carbonyl (C=O) groups excluding carboxylic acids is 3. The predicted octanol–water partition coefficient (Wildman–Crippen LogP) is 1.81. The Balaban J connectivity index is 2.60. The van der Waals surface area contributed by atoms with E-state index < -0.39 is 34.1 Å². The molecule has 1 aromatic carbocycles. The summed E-state index contributed by atoms with van der Waals surface area (Å²) in [6.07, 6.45) is -0.273. The fourth-order valence-corrected chi connectivity index (χ4v) is 3.73. The first-order valence-electron chi connectivity index (χ1n) is 7.56. The van der Waals surface area contributed by atoms with Crippen LogP contribution in [0.1, 0.15) is 38.7 Å². The van der Waals surface area contributed by atoms with E-state index in [-0.39, 0.29) is 23.7 Å². The van der Waals surface area contributed by atoms with Gasteiger partial charge in [0.15, 0.2) is 0 Å². The first kappa shape index (κ1) is 17.9. The van der Waals surface area contributed by atoms with Crippen molar-refractivity contribution >= 4 is 23.0 Å². The van der Waals surface area contributed by atoms with Crippen molar-refractivity contribution in [3.63, 3.8) is 0 Å². The number of benzene rings is 1. The van der Waals surface area contributed by atoms with E-state index in [1.54, 1.807) is 0 Å². The summed E-state index contributed by atoms with van der Waals surface area (Å²) in [5.41, 5.74) is -1.25. The standard InChI is InChI=1S/C17H19NO6/c1-9(19)14-13(21)8-17(3,22)16(10(2)20)15(14)11-4-6-12(7-5-11)18(23)24/h4-7,14-16,22H,8H2,1-3H3. The Labute approximate surface area is 138 Å². The van der Waals surface area contributed by atoms with Crippen molar-refractivity contribution in [1.29, 1.82) is 0 Å². The molecule has 1 aliphatic carbocycles. The fourth-order valence-electron chi connectivity index (χ4n) is 3.73. The van der Waals surface area contributed by atoms with Crippen molar-refractivity contribution in [2.24, 2.45) is 11.8 Å². The van der Waals surface area contributed by atoms with Gasteiger partial charge in [-0.15, -0.1) is 0 Å². The monoisotopic (exact) mass is 333 g/mol. The summed E-state index contributed by atoms with van der Waals surface area (Å²) in [5, 5.41) is 21.4. The van der Waals surface area contributed by atoms with Crippen LogP contribution >= 0.6 is 0 Å². The average molecular weight is 333 g/mol. The molecule has 7 nitrogen and oxygen atoms in total. The summed E-state index contributed by atoms with van der Waals surface area (Å²) in [6, 6.07) is 5.39. The Hall–Kier alpha value is -2.41. The van der Waals surface area contributed by atoms with Gasteiger partial charge < -0.3 is 5.11 Å². The third-order valence-corrected chi connectivity index (χ3v) is 4.63. The highest BCUT2D eigenvalue weighted by Gasteiger charge is 2.53. The van der Waals surface area contributed by atoms with Gasteiger partial charge in [-0.3, -0.25) is 24.5 Å². The van der Waals surface area contributed by atoms with E-state index in [9.17, 15) is 29.6 Å². The third-order valence-electron chi connectivity index (χ3n) is 4.63. The summed E-state index contributed by atoms with van der Waals surface area (Å²) < 4.78 is 0. The van der Waals surface area contributed by atoms with Crippen LogP contribution < -0.4 is 0 Å². The highest BCUT2D eigenvalue weighted by Crippen LogP contribution is 2.46. The molecular weight excluding hydrogens is 314 g/mol. The van der Waals surface area contributed by atoms with E-state index >= 15 is 0 Å². The van der Waals surface area contributed by atoms with E-state index in [0.717, 1.165) is 0 Å². The molecule has 2 rings (SSSR count). The number of carbonyl (C=O) groups is 3. The average Bonchev–Trinajstić information content (AvgIpc) is 2.44. The Morgan fingerprint density at radius 1 is 1.21 bits per heavy atom. The Bertz CT molecular complexity index is 706. The summed E-state index contributed by atoms with van der Waals surface area (Å²) >= 11 is 0. The maximum absolute atomic E-state index is 12.4. The Morgan fingerprint density at radius 3 is 2.17 bits per heavy atom. The molecule has 0 spiro atoms. The van der Waals surface area contributed by atoms with Gasteiger partial charge in [-0.1, -0.05) is 12.1 Å². The minimum Gasteiger partial charge on any atom is -0.389 e. The zero-order valence-electron chi connectivity index (χ0n) is 13.7. The molecule has 7 heteroatoms. The predicted molar refractivity (Wildman–Crippen MR) is 84.4 cm³/mol. The van der Waals surface area contributed by atoms with Crippen LogP contribution in [0.25, 0.3) is 0 Å². The van der Waals surface area contributed by atoms with E-state index in [1.807, 2.05) is 0 Å². The molecule has 128 valence electrons. The van der Waals surface area contributed by atoms with Crippen molar-refractivity contribution in [2.45, 2.75) is 38.7 Å². The van der Waals surface area contributed by atoms with Crippen LogP contribution in [0.15, 0.2) is 24.3 Å². The molecule has 1 saturated carbocycles. The molecule has 1 aliphatic rings. The van der Waals surface area contributed by atoms with Crippen molar-refractivity contribution in [1.82, 2.24) is 0 Å². The SMILES string of the molecule is CC(=O)C1C(=O)CC(C)(O)C(C(C)=O)C1c1ccc([N+](=O)[O-])cc1. The first-order chi connectivity index (χ1) is 11.1. The molecular formula is C17H19NO6. The molecule has 4 unspecified atom stereocenters. The van der Waals surface area contributed by atoms with Crippen molar-refractivity contribution < 1.29 is 24.4 Å². The second kappa shape index (κ2) is 6.24. The molecule has 0 radical (unpaired) electrons. The van der Waals surface area contributed by atoms with Crippen LogP contribution in [0.2, 0.25) is 0 Å². The molecule has 1 aromatic rings. The van der Waals surface area contributed by atoms with Crippen LogP contribution in [-0.4, -0.2) is 33.0 Å². The van der Waals surface area contributed by atoms with Gasteiger partial charge in [-0.05, 0) is 26.3 Å². The molecule has 0 saturated heterocycles. The third kappa shape index (κ3) is 3.12. The van der Waals surface area contributed by atoms with Gasteiger partial charge in [-0.2, -0.15) is 0 Å². The molecule has 0 bridgehead atoms. The molecule has 0 aromatic heterocycles. The number of rotatable bonds is 4. The lowest BCUT2D eigenvalue weighted by Crippen LogP contribution is -2.53. The Morgan fingerprint density at radius 2 is 1.75 bits per heavy atom. The van der Waals surface area contributed by atoms with E-state index in [0.29, 0.717) is 5.56 Å². The van der Waals surface area contributed by atoms with Gasteiger partial charge in [-0.25, -0.2) is 0 Å². The maximum atomic E-state index is 12.4. The summed E-state index contributed by atoms with van der Waals surface area (Å²) in [6.45, 7) is 3.99. The lowest BCUT2D eigenvalue weighted by atomic mass is 9.60. The van der Waals surface area contributed by atoms with Gasteiger partial charge in [0.05, 0.1) is 22.4 Å². The van der Waals surface area contributed by atoms with E-state index in [1.165, 1.54) is 45.0 Å². The van der Waals surface area contributed by atoms with Crippen LogP contribution in [0.5, 0.6) is 0 Å². The van der Waals surface area contributed by atoms with E-state index in [2.05, 4.69) is 0 Å². The van der Waals surface area contributed by atoms with Gasteiger partial charge in [0, 0.05) is 24.5 Å². The number of hydrogen-bond donors (Lipinski definition) is 1. The van der Waals surface area contributed by atoms with Crippen LogP contribution in [-0.2, 0) is 14.4 Å². The minimum absolute atomic E-state index is 0.133. The summed E-state index contributed by atoms with van der Waals surface area (Å²) in [5.74, 6) is -3.95. The van der Waals surface area contributed by atoms with Crippen LogP contribution in [0, 0.1) is 22.0 Å². The highest BCUT2D eigenvalue weighted by atomic mass is 16.6. The molecule has 0 aliphatic heterocycles. The smallest absolute Gasteiger partial charge is 0.269 e. The first-order valence-corrected chi connectivity index (χ1v) is 7.56. The van der Waals surface area contributed by atoms with Crippen LogP contribution in [0.3, 0.4) is 0 Å². The topological polar surface area (TPSA) is 115 Å². The lowest BCUT2D eigenvalue weighted by molar-refractivity contribution is -0.384. The lowest BCUT2D eigenvalue weighted by Gasteiger charge is -2.44. The normalized spacial score (nSPS) is 30.0. The summed E-state index contributed by atoms with van der Waals surface area (Å²) in [7, 11) is 0. The molecule has 24 heavy (non-hydrogen) atoms. The molecule has 1 fully saturated rings. The zero-order valence-corrected chi connectivity index (χ0v) is 13.7. The second-order valence-electron chi connectivity index (χ2n) is 6.55. The quantitative estimate of drug-likeness (QED) is 0.510. The van der Waals surface area contributed by atoms with Gasteiger partial charge in [0.25, 0.3) is 5.69 Å². The fraction of sp³-hybridized carbons (Fsp3) is 0.471. The van der Waals surface area contributed by atoms with Crippen LogP contribution in [0.4, 0.5) is 5.69 Å². The molecule has 0 heterocycles. The number of nitro groups is 1. The van der Waals surface area contributed by atoms with Gasteiger partial charge in [0.2, 0.25) is 0 Å². The number of nitro benzene ring substituents is 1. The molecule has 4 atom stereocenters. The summed E-state index contributed by atoms with van der Waals surface area (Å²) in [4.78, 5) is 46.8. The second-order valence-corrected chi connectivity index (χ2v) is 6.55. The highest BCUT2D eigenvalue weighted by molar-refractivity contribution is 6.05. The maximum Gasteiger partial charge on any atom is 0.269 e. The zero-order chi connectivity index (χ0) is 18.2. The number of hydrogen-bond acceptors (Lipinski definition) is 6. The van der Waals surface area contributed by atoms with Crippen molar-refractivity contribution in [2.75, 3.05) is 0 Å². The van der Waals surface area contributed by atoms with E-state index in [4.69, 9.17) is 0 Å². The largest absolute Gasteiger partial charge is 0.389 e. The van der Waals surface area contributed by atoms with Gasteiger partial charge >= 0.3 is 0 Å². The number of aliphatic hydroxyl groups is 1. The minimum atomic E-state index is -1.57. The number of Topliss-reactive ketones (excluding diaryl/α,β-unsaturated/α-hetero) is 3. The van der Waals surface area contributed by atoms with Gasteiger partial charge in [0.1, 0.15) is 17.3 Å².